The molecule has 154 valence electrons. The lowest BCUT2D eigenvalue weighted by molar-refractivity contribution is 1.22. The zero-order valence-electron chi connectivity index (χ0n) is 18.3. The molecule has 0 heterocycles. The minimum atomic E-state index is 1.19. The standard InChI is InChI=1S/C30H24N2/c1-31(23-9-5-3-6-10-23)27-19-15-21-14-18-26-28(32(2)24-11-7-4-8-12-24)20-16-22-13-17-25(27)29(21)30(22)26/h3-20H,1-2H3. The molecular weight excluding hydrogens is 388 g/mol. The molecule has 0 saturated heterocycles. The number of para-hydroxylation sites is 2. The van der Waals surface area contributed by atoms with E-state index in [1.807, 2.05) is 0 Å². The Bertz CT molecular complexity index is 1420. The first-order chi connectivity index (χ1) is 15.7. The predicted molar refractivity (Wildman–Crippen MR) is 139 cm³/mol. The Morgan fingerprint density at radius 1 is 0.406 bits per heavy atom. The zero-order chi connectivity index (χ0) is 21.7. The molecule has 6 aromatic rings. The van der Waals surface area contributed by atoms with Crippen LogP contribution in [0.4, 0.5) is 22.7 Å². The molecule has 32 heavy (non-hydrogen) atoms. The van der Waals surface area contributed by atoms with Gasteiger partial charge in [0.05, 0.1) is 0 Å². The van der Waals surface area contributed by atoms with Crippen LogP contribution in [0, 0.1) is 0 Å². The van der Waals surface area contributed by atoms with Crippen LogP contribution in [-0.4, -0.2) is 14.1 Å². The number of rotatable bonds is 4. The van der Waals surface area contributed by atoms with E-state index in [0.29, 0.717) is 0 Å². The maximum atomic E-state index is 2.28. The van der Waals surface area contributed by atoms with Crippen molar-refractivity contribution in [3.63, 3.8) is 0 Å². The van der Waals surface area contributed by atoms with Gasteiger partial charge in [0, 0.05) is 47.6 Å². The van der Waals surface area contributed by atoms with E-state index in [9.17, 15) is 0 Å². The Morgan fingerprint density at radius 3 is 1.19 bits per heavy atom. The van der Waals surface area contributed by atoms with Crippen molar-refractivity contribution in [3.8, 4) is 0 Å². The summed E-state index contributed by atoms with van der Waals surface area (Å²) >= 11 is 0. The van der Waals surface area contributed by atoms with Crippen molar-refractivity contribution < 1.29 is 0 Å². The maximum Gasteiger partial charge on any atom is 0.0488 e. The van der Waals surface area contributed by atoms with E-state index in [-0.39, 0.29) is 0 Å². The predicted octanol–water partition coefficient (Wildman–Crippen LogP) is 8.12. The molecule has 0 saturated carbocycles. The van der Waals surface area contributed by atoms with Crippen LogP contribution in [-0.2, 0) is 0 Å². The molecule has 0 aliphatic heterocycles. The number of hydrogen-bond donors (Lipinski definition) is 0. The van der Waals surface area contributed by atoms with Crippen LogP contribution in [0.5, 0.6) is 0 Å². The van der Waals surface area contributed by atoms with Gasteiger partial charge in [-0.05, 0) is 57.9 Å². The van der Waals surface area contributed by atoms with Crippen LogP contribution in [0.3, 0.4) is 0 Å². The summed E-state index contributed by atoms with van der Waals surface area (Å²) in [5.74, 6) is 0. The average molecular weight is 413 g/mol. The topological polar surface area (TPSA) is 6.48 Å². The molecule has 0 radical (unpaired) electrons. The molecule has 0 N–H and O–H groups in total. The van der Waals surface area contributed by atoms with E-state index in [1.165, 1.54) is 55.1 Å². The molecule has 0 unspecified atom stereocenters. The summed E-state index contributed by atoms with van der Waals surface area (Å²) in [4.78, 5) is 4.56. The molecule has 2 nitrogen and oxygen atoms in total. The molecule has 0 aromatic heterocycles. The van der Waals surface area contributed by atoms with Crippen LogP contribution in [0.1, 0.15) is 0 Å². The van der Waals surface area contributed by atoms with Crippen molar-refractivity contribution in [1.29, 1.82) is 0 Å². The lowest BCUT2D eigenvalue weighted by Crippen LogP contribution is -2.10. The molecule has 0 aliphatic rings. The van der Waals surface area contributed by atoms with Crippen LogP contribution in [0.2, 0.25) is 0 Å². The van der Waals surface area contributed by atoms with Gasteiger partial charge in [-0.1, -0.05) is 72.8 Å². The van der Waals surface area contributed by atoms with E-state index in [4.69, 9.17) is 0 Å². The van der Waals surface area contributed by atoms with E-state index >= 15 is 0 Å². The number of hydrogen-bond acceptors (Lipinski definition) is 2. The van der Waals surface area contributed by atoms with Gasteiger partial charge in [0.15, 0.2) is 0 Å². The fourth-order valence-corrected chi connectivity index (χ4v) is 4.94. The molecule has 0 amide bonds. The molecule has 2 heteroatoms. The van der Waals surface area contributed by atoms with Gasteiger partial charge in [0.1, 0.15) is 0 Å². The fraction of sp³-hybridized carbons (Fsp3) is 0.0667. The highest BCUT2D eigenvalue weighted by molar-refractivity contribution is 6.27. The molecule has 0 spiro atoms. The minimum absolute atomic E-state index is 1.19. The monoisotopic (exact) mass is 412 g/mol. The van der Waals surface area contributed by atoms with Crippen LogP contribution in [0.15, 0.2) is 109 Å². The molecule has 6 rings (SSSR count). The third-order valence-electron chi connectivity index (χ3n) is 6.63. The Balaban J connectivity index is 1.62. The molecular formula is C30H24N2. The summed E-state index contributed by atoms with van der Waals surface area (Å²) in [6, 6.07) is 39.2. The lowest BCUT2D eigenvalue weighted by Gasteiger charge is -2.25. The van der Waals surface area contributed by atoms with Crippen molar-refractivity contribution in [2.75, 3.05) is 23.9 Å². The highest BCUT2D eigenvalue weighted by Crippen LogP contribution is 2.43. The lowest BCUT2D eigenvalue weighted by atomic mass is 9.92. The van der Waals surface area contributed by atoms with Gasteiger partial charge in [0.25, 0.3) is 0 Å². The Kier molecular flexibility index (Phi) is 4.26. The third-order valence-corrected chi connectivity index (χ3v) is 6.63. The summed E-state index contributed by atoms with van der Waals surface area (Å²) in [7, 11) is 4.30. The molecule has 6 aromatic carbocycles. The van der Waals surface area contributed by atoms with Crippen molar-refractivity contribution in [2.45, 2.75) is 0 Å². The highest BCUT2D eigenvalue weighted by atomic mass is 15.1. The van der Waals surface area contributed by atoms with Gasteiger partial charge >= 0.3 is 0 Å². The highest BCUT2D eigenvalue weighted by Gasteiger charge is 2.17. The average Bonchev–Trinajstić information content (AvgIpc) is 2.87. The minimum Gasteiger partial charge on any atom is -0.344 e. The Morgan fingerprint density at radius 2 is 0.781 bits per heavy atom. The smallest absolute Gasteiger partial charge is 0.0488 e. The van der Waals surface area contributed by atoms with Gasteiger partial charge in [0.2, 0.25) is 0 Å². The van der Waals surface area contributed by atoms with Gasteiger partial charge < -0.3 is 9.80 Å². The summed E-state index contributed by atoms with van der Waals surface area (Å²) in [5, 5.41) is 7.80. The summed E-state index contributed by atoms with van der Waals surface area (Å²) in [6.45, 7) is 0. The Hall–Kier alpha value is -4.04. The second kappa shape index (κ2) is 7.28. The third kappa shape index (κ3) is 2.80. The summed E-state index contributed by atoms with van der Waals surface area (Å²) in [6.07, 6.45) is 0. The second-order valence-corrected chi connectivity index (χ2v) is 8.38. The first-order valence-corrected chi connectivity index (χ1v) is 11.0. The molecule has 0 atom stereocenters. The molecule has 0 bridgehead atoms. The van der Waals surface area contributed by atoms with Crippen molar-refractivity contribution in [1.82, 2.24) is 0 Å². The summed E-state index contributed by atoms with van der Waals surface area (Å²) in [5.41, 5.74) is 4.82. The SMILES string of the molecule is CN(c1ccccc1)c1ccc2ccc3c(N(C)c4ccccc4)ccc4ccc1c2c43. The van der Waals surface area contributed by atoms with Crippen molar-refractivity contribution in [2.24, 2.45) is 0 Å². The number of nitrogens with zero attached hydrogens (tertiary/aromatic N) is 2. The quantitative estimate of drug-likeness (QED) is 0.270. The fourth-order valence-electron chi connectivity index (χ4n) is 4.94. The first-order valence-electron chi connectivity index (χ1n) is 11.0. The number of anilines is 4. The van der Waals surface area contributed by atoms with Gasteiger partial charge in [-0.2, -0.15) is 0 Å². The van der Waals surface area contributed by atoms with Crippen LogP contribution < -0.4 is 9.80 Å². The van der Waals surface area contributed by atoms with Gasteiger partial charge in [-0.3, -0.25) is 0 Å². The Labute approximate surface area is 188 Å². The largest absolute Gasteiger partial charge is 0.344 e. The van der Waals surface area contributed by atoms with E-state index in [1.54, 1.807) is 0 Å². The van der Waals surface area contributed by atoms with Gasteiger partial charge in [-0.25, -0.2) is 0 Å². The van der Waals surface area contributed by atoms with Gasteiger partial charge in [-0.15, -0.1) is 0 Å². The molecule has 0 fully saturated rings. The van der Waals surface area contributed by atoms with Crippen LogP contribution >= 0.6 is 0 Å². The summed E-state index contributed by atoms with van der Waals surface area (Å²) < 4.78 is 0. The van der Waals surface area contributed by atoms with E-state index in [0.717, 1.165) is 0 Å². The van der Waals surface area contributed by atoms with Crippen LogP contribution in [0.25, 0.3) is 32.3 Å². The zero-order valence-corrected chi connectivity index (χ0v) is 18.3. The number of benzene rings is 6. The van der Waals surface area contributed by atoms with Crippen molar-refractivity contribution >= 4 is 55.1 Å². The first kappa shape index (κ1) is 18.7. The normalized spacial score (nSPS) is 11.4. The van der Waals surface area contributed by atoms with Crippen molar-refractivity contribution in [3.05, 3.63) is 109 Å². The second-order valence-electron chi connectivity index (χ2n) is 8.38. The molecule has 0 aliphatic carbocycles. The van der Waals surface area contributed by atoms with E-state index < -0.39 is 0 Å². The van der Waals surface area contributed by atoms with E-state index in [2.05, 4.69) is 133 Å². The maximum absolute atomic E-state index is 2.28.